The topological polar surface area (TPSA) is 61.4 Å². The number of benzene rings is 2. The molecule has 6 heteroatoms. The molecule has 0 radical (unpaired) electrons. The summed E-state index contributed by atoms with van der Waals surface area (Å²) in [4.78, 5) is 12.1. The molecule has 2 rings (SSSR count). The van der Waals surface area contributed by atoms with Gasteiger partial charge in [-0.15, -0.1) is 0 Å². The van der Waals surface area contributed by atoms with Gasteiger partial charge in [-0.05, 0) is 42.8 Å². The molecule has 0 bridgehead atoms. The highest BCUT2D eigenvalue weighted by Crippen LogP contribution is 2.20. The lowest BCUT2D eigenvalue weighted by atomic mass is 10.2. The number of halogens is 2. The van der Waals surface area contributed by atoms with Gasteiger partial charge in [-0.1, -0.05) is 23.7 Å². The fourth-order valence-electron chi connectivity index (χ4n) is 1.90. The van der Waals surface area contributed by atoms with Gasteiger partial charge in [-0.3, -0.25) is 4.79 Å². The molecule has 1 unspecified atom stereocenters. The Morgan fingerprint density at radius 1 is 1.27 bits per heavy atom. The fraction of sp³-hybridized carbons (Fsp3) is 0.188. The van der Waals surface area contributed by atoms with E-state index < -0.39 is 11.9 Å². The first-order chi connectivity index (χ1) is 10.5. The van der Waals surface area contributed by atoms with Crippen molar-refractivity contribution in [2.45, 2.75) is 19.6 Å². The Hall–Kier alpha value is -2.11. The predicted octanol–water partition coefficient (Wildman–Crippen LogP) is 3.41. The van der Waals surface area contributed by atoms with Crippen LogP contribution in [0, 0.1) is 5.82 Å². The van der Waals surface area contributed by atoms with Gasteiger partial charge in [0.1, 0.15) is 11.9 Å². The summed E-state index contributed by atoms with van der Waals surface area (Å²) in [6, 6.07) is 10.6. The van der Waals surface area contributed by atoms with Gasteiger partial charge in [0.05, 0.1) is 11.6 Å². The van der Waals surface area contributed by atoms with Crippen LogP contribution >= 0.6 is 11.6 Å². The number of carbonyl (C=O) groups excluding carboxylic acids is 1. The van der Waals surface area contributed by atoms with E-state index in [0.29, 0.717) is 5.69 Å². The van der Waals surface area contributed by atoms with Gasteiger partial charge in [0.2, 0.25) is 5.91 Å². The number of hydrogen-bond acceptors (Lipinski definition) is 3. The molecule has 2 aromatic carbocycles. The molecule has 116 valence electrons. The standard InChI is InChI=1S/C16H16ClFN2O2/c1-10(19-12-4-2-3-11(7-12)9-21)16(22)20-13-5-6-15(18)14(17)8-13/h2-8,10,19,21H,9H2,1H3,(H,20,22). The molecule has 0 heterocycles. The lowest BCUT2D eigenvalue weighted by Crippen LogP contribution is -2.31. The van der Waals surface area contributed by atoms with Gasteiger partial charge in [-0.25, -0.2) is 4.39 Å². The second-order valence-electron chi connectivity index (χ2n) is 4.84. The highest BCUT2D eigenvalue weighted by molar-refractivity contribution is 6.31. The number of nitrogens with one attached hydrogen (secondary N) is 2. The largest absolute Gasteiger partial charge is 0.392 e. The van der Waals surface area contributed by atoms with Crippen LogP contribution in [0.25, 0.3) is 0 Å². The van der Waals surface area contributed by atoms with Crippen LogP contribution in [0.4, 0.5) is 15.8 Å². The third kappa shape index (κ3) is 4.19. The van der Waals surface area contributed by atoms with Crippen molar-refractivity contribution in [1.82, 2.24) is 0 Å². The van der Waals surface area contributed by atoms with E-state index in [-0.39, 0.29) is 17.5 Å². The molecule has 0 aliphatic rings. The number of aliphatic hydroxyl groups is 1. The van der Waals surface area contributed by atoms with E-state index in [1.54, 1.807) is 31.2 Å². The van der Waals surface area contributed by atoms with Crippen LogP contribution in [0.3, 0.4) is 0 Å². The van der Waals surface area contributed by atoms with Crippen LogP contribution in [0.2, 0.25) is 5.02 Å². The minimum atomic E-state index is -0.536. The van der Waals surface area contributed by atoms with E-state index in [9.17, 15) is 9.18 Å². The van der Waals surface area contributed by atoms with Gasteiger partial charge < -0.3 is 15.7 Å². The first-order valence-electron chi connectivity index (χ1n) is 6.72. The summed E-state index contributed by atoms with van der Waals surface area (Å²) < 4.78 is 13.1. The summed E-state index contributed by atoms with van der Waals surface area (Å²) in [6.07, 6.45) is 0. The molecular formula is C16H16ClFN2O2. The maximum atomic E-state index is 13.1. The summed E-state index contributed by atoms with van der Waals surface area (Å²) in [5.74, 6) is -0.816. The highest BCUT2D eigenvalue weighted by atomic mass is 35.5. The van der Waals surface area contributed by atoms with Crippen LogP contribution in [0.1, 0.15) is 12.5 Å². The Morgan fingerprint density at radius 2 is 2.05 bits per heavy atom. The number of amides is 1. The second-order valence-corrected chi connectivity index (χ2v) is 5.25. The molecule has 4 nitrogen and oxygen atoms in total. The maximum absolute atomic E-state index is 13.1. The highest BCUT2D eigenvalue weighted by Gasteiger charge is 2.13. The molecule has 0 saturated carbocycles. The molecule has 0 fully saturated rings. The second kappa shape index (κ2) is 7.24. The summed E-state index contributed by atoms with van der Waals surface area (Å²) in [5, 5.41) is 14.7. The Morgan fingerprint density at radius 3 is 2.73 bits per heavy atom. The van der Waals surface area contributed by atoms with Crippen LogP contribution in [-0.2, 0) is 11.4 Å². The quantitative estimate of drug-likeness (QED) is 0.790. The van der Waals surface area contributed by atoms with E-state index in [4.69, 9.17) is 16.7 Å². The van der Waals surface area contributed by atoms with Crippen molar-refractivity contribution >= 4 is 28.9 Å². The van der Waals surface area contributed by atoms with Crippen LogP contribution in [0.15, 0.2) is 42.5 Å². The van der Waals surface area contributed by atoms with Crippen molar-refractivity contribution in [3.63, 3.8) is 0 Å². The van der Waals surface area contributed by atoms with E-state index in [0.717, 1.165) is 11.3 Å². The third-order valence-electron chi connectivity index (χ3n) is 3.07. The van der Waals surface area contributed by atoms with Crippen molar-refractivity contribution in [3.05, 3.63) is 58.9 Å². The molecule has 22 heavy (non-hydrogen) atoms. The first-order valence-corrected chi connectivity index (χ1v) is 7.09. The summed E-state index contributed by atoms with van der Waals surface area (Å²) >= 11 is 5.67. The minimum Gasteiger partial charge on any atom is -0.392 e. The Kier molecular flexibility index (Phi) is 5.35. The average molecular weight is 323 g/mol. The van der Waals surface area contributed by atoms with Crippen molar-refractivity contribution in [3.8, 4) is 0 Å². The zero-order valence-electron chi connectivity index (χ0n) is 11.9. The van der Waals surface area contributed by atoms with Crippen LogP contribution < -0.4 is 10.6 Å². The van der Waals surface area contributed by atoms with Gasteiger partial charge >= 0.3 is 0 Å². The molecule has 0 aromatic heterocycles. The molecule has 3 N–H and O–H groups in total. The van der Waals surface area contributed by atoms with Crippen LogP contribution in [0.5, 0.6) is 0 Å². The number of anilines is 2. The Bertz CT molecular complexity index is 679. The van der Waals surface area contributed by atoms with Crippen molar-refractivity contribution in [2.24, 2.45) is 0 Å². The van der Waals surface area contributed by atoms with Crippen molar-refractivity contribution in [1.29, 1.82) is 0 Å². The molecular weight excluding hydrogens is 307 g/mol. The number of aliphatic hydroxyl groups excluding tert-OH is 1. The van der Waals surface area contributed by atoms with E-state index in [1.165, 1.54) is 18.2 Å². The SMILES string of the molecule is CC(Nc1cccc(CO)c1)C(=O)Nc1ccc(F)c(Cl)c1. The van der Waals surface area contributed by atoms with E-state index in [2.05, 4.69) is 10.6 Å². The van der Waals surface area contributed by atoms with Gasteiger partial charge in [0.25, 0.3) is 0 Å². The van der Waals surface area contributed by atoms with Gasteiger partial charge in [0.15, 0.2) is 0 Å². The molecule has 1 amide bonds. The molecule has 0 spiro atoms. The third-order valence-corrected chi connectivity index (χ3v) is 3.36. The molecule has 1 atom stereocenters. The Balaban J connectivity index is 2.00. The first kappa shape index (κ1) is 16.3. The molecule has 0 aliphatic carbocycles. The zero-order chi connectivity index (χ0) is 16.1. The molecule has 0 saturated heterocycles. The number of carbonyl (C=O) groups is 1. The normalized spacial score (nSPS) is 11.8. The fourth-order valence-corrected chi connectivity index (χ4v) is 2.08. The smallest absolute Gasteiger partial charge is 0.246 e. The van der Waals surface area contributed by atoms with Crippen molar-refractivity contribution < 1.29 is 14.3 Å². The zero-order valence-corrected chi connectivity index (χ0v) is 12.7. The summed E-state index contributed by atoms with van der Waals surface area (Å²) in [5.41, 5.74) is 1.91. The van der Waals surface area contributed by atoms with Crippen molar-refractivity contribution in [2.75, 3.05) is 10.6 Å². The predicted molar refractivity (Wildman–Crippen MR) is 85.5 cm³/mol. The Labute approximate surface area is 132 Å². The maximum Gasteiger partial charge on any atom is 0.246 e. The molecule has 2 aromatic rings. The lowest BCUT2D eigenvalue weighted by molar-refractivity contribution is -0.116. The van der Waals surface area contributed by atoms with Crippen LogP contribution in [-0.4, -0.2) is 17.1 Å². The monoisotopic (exact) mass is 322 g/mol. The average Bonchev–Trinajstić information content (AvgIpc) is 2.51. The minimum absolute atomic E-state index is 0.0472. The molecule has 0 aliphatic heterocycles. The van der Waals surface area contributed by atoms with E-state index >= 15 is 0 Å². The number of rotatable bonds is 5. The van der Waals surface area contributed by atoms with E-state index in [1.807, 2.05) is 0 Å². The van der Waals surface area contributed by atoms with Gasteiger partial charge in [0, 0.05) is 11.4 Å². The lowest BCUT2D eigenvalue weighted by Gasteiger charge is -2.16. The van der Waals surface area contributed by atoms with Gasteiger partial charge in [-0.2, -0.15) is 0 Å². The summed E-state index contributed by atoms with van der Waals surface area (Å²) in [6.45, 7) is 1.64. The summed E-state index contributed by atoms with van der Waals surface area (Å²) in [7, 11) is 0. The number of hydrogen-bond donors (Lipinski definition) is 3.